The highest BCUT2D eigenvalue weighted by molar-refractivity contribution is 6.01. The maximum absolute atomic E-state index is 15.2. The van der Waals surface area contributed by atoms with E-state index >= 15 is 4.39 Å². The van der Waals surface area contributed by atoms with Crippen LogP contribution in [0.1, 0.15) is 76.3 Å². The Hall–Kier alpha value is -5.27. The number of fused-ring (bicyclic) bond motifs is 1. The first-order valence-electron chi connectivity index (χ1n) is 17.9. The lowest BCUT2D eigenvalue weighted by Crippen LogP contribution is -2.47. The van der Waals surface area contributed by atoms with Gasteiger partial charge in [-0.2, -0.15) is 4.58 Å². The second kappa shape index (κ2) is 14.6. The Bertz CT molecular complexity index is 1970. The number of carbonyl (C=O) groups excluding carboxylic acids is 4. The van der Waals surface area contributed by atoms with Crippen molar-refractivity contribution in [3.05, 3.63) is 88.7 Å². The van der Waals surface area contributed by atoms with Gasteiger partial charge in [-0.05, 0) is 91.5 Å². The molecule has 2 N–H and O–H groups in total. The van der Waals surface area contributed by atoms with E-state index in [1.807, 2.05) is 4.90 Å². The largest absolute Gasteiger partial charge is 0.573 e. The molecule has 4 amide bonds. The third-order valence-electron chi connectivity index (χ3n) is 10.9. The molecule has 0 bridgehead atoms. The van der Waals surface area contributed by atoms with E-state index in [1.54, 1.807) is 60.6 Å². The van der Waals surface area contributed by atoms with E-state index in [9.17, 15) is 32.3 Å². The molecule has 3 fully saturated rings. The molecule has 3 aromatic carbocycles. The molecule has 0 aliphatic carbocycles. The summed E-state index contributed by atoms with van der Waals surface area (Å²) in [5.74, 6) is -2.31. The Labute approximate surface area is 303 Å². The number of alkyl halides is 3. The molecule has 53 heavy (non-hydrogen) atoms. The number of imide groups is 1. The van der Waals surface area contributed by atoms with Crippen LogP contribution in [0.4, 0.5) is 28.9 Å². The number of anilines is 2. The molecule has 278 valence electrons. The van der Waals surface area contributed by atoms with Crippen molar-refractivity contribution in [3.8, 4) is 5.75 Å². The zero-order chi connectivity index (χ0) is 37.4. The number of nitrogens with one attached hydrogen (secondary N) is 2. The SMILES string of the molecule is C[N+]1=CC(c2ccc(C(=O)N3CCC(C4CCN(c5ccc(NC6CCC(=O)NC6=O)cc5F)CC4)CC3)c(OC(F)(F)F)c2)c2ccccc2C1=O. The maximum Gasteiger partial charge on any atom is 0.573 e. The average molecular weight is 735 g/mol. The fraction of sp³-hybridized carbons (Fsp3) is 0.410. The van der Waals surface area contributed by atoms with E-state index in [0.29, 0.717) is 85.3 Å². The first-order valence-corrected chi connectivity index (χ1v) is 17.9. The van der Waals surface area contributed by atoms with Gasteiger partial charge in [-0.25, -0.2) is 9.18 Å². The van der Waals surface area contributed by atoms with Gasteiger partial charge in [0.1, 0.15) is 24.7 Å². The Morgan fingerprint density at radius 2 is 1.60 bits per heavy atom. The molecule has 0 radical (unpaired) electrons. The third kappa shape index (κ3) is 7.77. The van der Waals surface area contributed by atoms with Gasteiger partial charge in [-0.15, -0.1) is 13.2 Å². The number of halogens is 4. The molecule has 2 unspecified atom stereocenters. The number of hydrogen-bond acceptors (Lipinski definition) is 7. The minimum Gasteiger partial charge on any atom is -0.405 e. The van der Waals surface area contributed by atoms with E-state index < -0.39 is 41.7 Å². The molecule has 2 atom stereocenters. The molecule has 14 heteroatoms. The fourth-order valence-corrected chi connectivity index (χ4v) is 8.15. The van der Waals surface area contributed by atoms with Gasteiger partial charge in [-0.1, -0.05) is 24.3 Å². The first kappa shape index (κ1) is 36.1. The van der Waals surface area contributed by atoms with Gasteiger partial charge in [0.2, 0.25) is 11.8 Å². The van der Waals surface area contributed by atoms with Gasteiger partial charge in [0.25, 0.3) is 5.91 Å². The van der Waals surface area contributed by atoms with Crippen molar-refractivity contribution < 1.29 is 46.1 Å². The van der Waals surface area contributed by atoms with Gasteiger partial charge in [0.15, 0.2) is 6.21 Å². The van der Waals surface area contributed by atoms with Crippen LogP contribution in [0.2, 0.25) is 0 Å². The van der Waals surface area contributed by atoms with Crippen LogP contribution in [0.25, 0.3) is 0 Å². The highest BCUT2D eigenvalue weighted by atomic mass is 19.4. The molecule has 4 heterocycles. The lowest BCUT2D eigenvalue weighted by Gasteiger charge is -2.41. The van der Waals surface area contributed by atoms with Crippen molar-refractivity contribution >= 4 is 41.2 Å². The fourth-order valence-electron chi connectivity index (χ4n) is 8.15. The summed E-state index contributed by atoms with van der Waals surface area (Å²) in [7, 11) is 1.59. The number of carbonyl (C=O) groups is 4. The number of amides is 4. The standard InChI is InChI=1S/C39H39F4N5O5/c1-46-22-30(27-4-2-3-5-28(27)37(46)51)25-6-8-29(34(20-25)53-39(41,42)43)38(52)48-18-14-24(15-19-48)23-12-16-47(17-13-23)33-10-7-26(21-31(33)40)44-32-9-11-35(49)45-36(32)50/h2-8,10,20-24,30,32,44H,9,11-19H2,1H3/p+1. The summed E-state index contributed by atoms with van der Waals surface area (Å²) in [5.41, 5.74) is 2.33. The zero-order valence-corrected chi connectivity index (χ0v) is 29.1. The number of likely N-dealkylation sites (tertiary alicyclic amines) is 1. The van der Waals surface area contributed by atoms with Crippen LogP contribution in [0, 0.1) is 17.7 Å². The molecule has 0 aromatic heterocycles. The maximum atomic E-state index is 15.2. The minimum atomic E-state index is -5.02. The lowest BCUT2D eigenvalue weighted by molar-refractivity contribution is -0.392. The molecule has 3 aromatic rings. The highest BCUT2D eigenvalue weighted by Gasteiger charge is 2.38. The Kier molecular flexibility index (Phi) is 9.97. The van der Waals surface area contributed by atoms with Crippen molar-refractivity contribution in [2.24, 2.45) is 11.8 Å². The van der Waals surface area contributed by atoms with E-state index in [2.05, 4.69) is 15.4 Å². The summed E-state index contributed by atoms with van der Waals surface area (Å²) in [4.78, 5) is 53.5. The molecular formula is C39H40F4N5O5+. The van der Waals surface area contributed by atoms with Crippen molar-refractivity contribution in [1.82, 2.24) is 10.2 Å². The molecule has 3 saturated heterocycles. The van der Waals surface area contributed by atoms with Gasteiger partial charge in [0, 0.05) is 38.3 Å². The van der Waals surface area contributed by atoms with Crippen LogP contribution in [0.5, 0.6) is 5.75 Å². The van der Waals surface area contributed by atoms with Crippen LogP contribution in [0.3, 0.4) is 0 Å². The summed E-state index contributed by atoms with van der Waals surface area (Å²) < 4.78 is 62.0. The summed E-state index contributed by atoms with van der Waals surface area (Å²) in [6.07, 6.45) is 0.258. The van der Waals surface area contributed by atoms with E-state index in [-0.39, 0.29) is 23.8 Å². The summed E-state index contributed by atoms with van der Waals surface area (Å²) >= 11 is 0. The number of rotatable bonds is 7. The number of nitrogens with zero attached hydrogens (tertiary/aromatic N) is 3. The van der Waals surface area contributed by atoms with Crippen LogP contribution < -0.4 is 20.3 Å². The second-order valence-electron chi connectivity index (χ2n) is 14.2. The van der Waals surface area contributed by atoms with Crippen molar-refractivity contribution in [2.45, 2.75) is 56.8 Å². The van der Waals surface area contributed by atoms with E-state index in [1.165, 1.54) is 22.8 Å². The molecule has 7 rings (SSSR count). The smallest absolute Gasteiger partial charge is 0.405 e. The monoisotopic (exact) mass is 734 g/mol. The average Bonchev–Trinajstić information content (AvgIpc) is 3.14. The molecular weight excluding hydrogens is 694 g/mol. The van der Waals surface area contributed by atoms with Crippen LogP contribution in [0.15, 0.2) is 60.7 Å². The summed E-state index contributed by atoms with van der Waals surface area (Å²) in [6, 6.07) is 15.4. The lowest BCUT2D eigenvalue weighted by atomic mass is 9.78. The second-order valence-corrected chi connectivity index (χ2v) is 14.2. The Balaban J connectivity index is 0.968. The van der Waals surface area contributed by atoms with Gasteiger partial charge < -0.3 is 19.9 Å². The molecule has 4 aliphatic heterocycles. The number of ether oxygens (including phenoxy) is 1. The zero-order valence-electron chi connectivity index (χ0n) is 29.1. The number of benzene rings is 3. The summed E-state index contributed by atoms with van der Waals surface area (Å²) in [5, 5.41) is 5.29. The topological polar surface area (TPSA) is 111 Å². The van der Waals surface area contributed by atoms with Crippen LogP contribution >= 0.6 is 0 Å². The third-order valence-corrected chi connectivity index (χ3v) is 10.9. The quantitative estimate of drug-likeness (QED) is 0.182. The van der Waals surface area contributed by atoms with Crippen molar-refractivity contribution in [1.29, 1.82) is 0 Å². The predicted octanol–water partition coefficient (Wildman–Crippen LogP) is 5.71. The number of hydrogen-bond donors (Lipinski definition) is 2. The Morgan fingerprint density at radius 3 is 2.28 bits per heavy atom. The molecule has 0 saturated carbocycles. The van der Waals surface area contributed by atoms with Gasteiger partial charge in [0.05, 0.1) is 22.7 Å². The normalized spacial score (nSPS) is 21.5. The number of piperidine rings is 3. The van der Waals surface area contributed by atoms with E-state index in [4.69, 9.17) is 0 Å². The van der Waals surface area contributed by atoms with Crippen molar-refractivity contribution in [3.63, 3.8) is 0 Å². The van der Waals surface area contributed by atoms with Gasteiger partial charge >= 0.3 is 12.3 Å². The summed E-state index contributed by atoms with van der Waals surface area (Å²) in [6.45, 7) is 2.09. The van der Waals surface area contributed by atoms with Gasteiger partial charge in [-0.3, -0.25) is 19.7 Å². The molecule has 10 nitrogen and oxygen atoms in total. The van der Waals surface area contributed by atoms with Crippen LogP contribution in [-0.2, 0) is 9.59 Å². The molecule has 0 spiro atoms. The Morgan fingerprint density at radius 1 is 0.906 bits per heavy atom. The molecule has 4 aliphatic rings. The van der Waals surface area contributed by atoms with Crippen LogP contribution in [-0.4, -0.2) is 84.9 Å². The van der Waals surface area contributed by atoms with E-state index in [0.717, 1.165) is 12.8 Å². The highest BCUT2D eigenvalue weighted by Crippen LogP contribution is 2.38. The van der Waals surface area contributed by atoms with Crippen molar-refractivity contribution in [2.75, 3.05) is 43.4 Å². The minimum absolute atomic E-state index is 0.174. The first-order chi connectivity index (χ1) is 25.3. The predicted molar refractivity (Wildman–Crippen MR) is 188 cm³/mol.